The van der Waals surface area contributed by atoms with Crippen LogP contribution in [0.4, 0.5) is 0 Å². The smallest absolute Gasteiger partial charge is 0.269 e. The van der Waals surface area contributed by atoms with Crippen molar-refractivity contribution in [2.24, 2.45) is 5.16 Å². The second kappa shape index (κ2) is 6.92. The molecule has 5 nitrogen and oxygen atoms in total. The highest BCUT2D eigenvalue weighted by molar-refractivity contribution is 6.39. The number of nitrogens with one attached hydrogen (secondary N) is 1. The minimum absolute atomic E-state index is 0.0959. The molecule has 1 aromatic carbocycles. The van der Waals surface area contributed by atoms with Crippen LogP contribution in [0.15, 0.2) is 35.5 Å². The molecule has 1 amide bonds. The predicted octanol–water partition coefficient (Wildman–Crippen LogP) is 2.10. The molecular weight excluding hydrogens is 278 g/mol. The van der Waals surface area contributed by atoms with Crippen LogP contribution in [0.3, 0.4) is 0 Å². The number of oxime groups is 1. The monoisotopic (exact) mass is 301 g/mol. The van der Waals surface area contributed by atoms with Crippen molar-refractivity contribution in [2.75, 3.05) is 19.6 Å². The zero-order valence-electron chi connectivity index (χ0n) is 13.0. The van der Waals surface area contributed by atoms with E-state index in [-0.39, 0.29) is 12.0 Å². The molecule has 2 atom stereocenters. The van der Waals surface area contributed by atoms with Gasteiger partial charge in [-0.15, -0.1) is 0 Å². The third-order valence-electron chi connectivity index (χ3n) is 4.51. The highest BCUT2D eigenvalue weighted by Crippen LogP contribution is 2.26. The Morgan fingerprint density at radius 3 is 3.00 bits per heavy atom. The van der Waals surface area contributed by atoms with Gasteiger partial charge in [-0.1, -0.05) is 42.4 Å². The Morgan fingerprint density at radius 2 is 2.23 bits per heavy atom. The molecule has 0 bridgehead atoms. The maximum absolute atomic E-state index is 12.2. The summed E-state index contributed by atoms with van der Waals surface area (Å²) in [7, 11) is 0. The van der Waals surface area contributed by atoms with Crippen LogP contribution in [0.1, 0.15) is 37.9 Å². The van der Waals surface area contributed by atoms with Crippen molar-refractivity contribution in [1.29, 1.82) is 0 Å². The van der Waals surface area contributed by atoms with Gasteiger partial charge in [0, 0.05) is 19.0 Å². The van der Waals surface area contributed by atoms with E-state index >= 15 is 0 Å². The zero-order chi connectivity index (χ0) is 15.4. The maximum Gasteiger partial charge on any atom is 0.269 e. The summed E-state index contributed by atoms with van der Waals surface area (Å²) in [6.45, 7) is 5.04. The van der Waals surface area contributed by atoms with Gasteiger partial charge in [0.15, 0.2) is 6.10 Å². The van der Waals surface area contributed by atoms with E-state index in [9.17, 15) is 4.79 Å². The highest BCUT2D eigenvalue weighted by Gasteiger charge is 2.28. The number of hydrogen-bond acceptors (Lipinski definition) is 4. The lowest BCUT2D eigenvalue weighted by molar-refractivity contribution is -0.115. The molecule has 0 spiro atoms. The second-order valence-electron chi connectivity index (χ2n) is 5.88. The van der Waals surface area contributed by atoms with Gasteiger partial charge in [0.25, 0.3) is 5.91 Å². The molecule has 1 fully saturated rings. The van der Waals surface area contributed by atoms with Crippen molar-refractivity contribution >= 4 is 11.6 Å². The first kappa shape index (κ1) is 15.0. The average molecular weight is 301 g/mol. The predicted molar refractivity (Wildman–Crippen MR) is 85.6 cm³/mol. The molecule has 2 aliphatic heterocycles. The first-order valence-electron chi connectivity index (χ1n) is 8.07. The fraction of sp³-hybridized carbons (Fsp3) is 0.529. The van der Waals surface area contributed by atoms with Crippen LogP contribution in [0, 0.1) is 0 Å². The molecule has 2 aliphatic rings. The van der Waals surface area contributed by atoms with Crippen LogP contribution in [-0.4, -0.2) is 42.2 Å². The highest BCUT2D eigenvalue weighted by atomic mass is 16.6. The summed E-state index contributed by atoms with van der Waals surface area (Å²) in [6.07, 6.45) is 2.77. The van der Waals surface area contributed by atoms with Gasteiger partial charge in [0.05, 0.1) is 0 Å². The fourth-order valence-corrected chi connectivity index (χ4v) is 3.21. The quantitative estimate of drug-likeness (QED) is 0.906. The molecule has 0 radical (unpaired) electrons. The molecule has 118 valence electrons. The molecule has 22 heavy (non-hydrogen) atoms. The summed E-state index contributed by atoms with van der Waals surface area (Å²) in [5.41, 5.74) is 1.55. The minimum Gasteiger partial charge on any atom is -0.387 e. The van der Waals surface area contributed by atoms with Crippen LogP contribution < -0.4 is 5.32 Å². The number of likely N-dealkylation sites (tertiary alicyclic amines) is 1. The molecule has 2 heterocycles. The summed E-state index contributed by atoms with van der Waals surface area (Å²) in [5.74, 6) is -0.0959. The molecule has 0 aliphatic carbocycles. The van der Waals surface area contributed by atoms with Gasteiger partial charge in [-0.25, -0.2) is 0 Å². The van der Waals surface area contributed by atoms with E-state index in [2.05, 4.69) is 22.3 Å². The Kier molecular flexibility index (Phi) is 4.73. The van der Waals surface area contributed by atoms with Crippen LogP contribution in [-0.2, 0) is 9.63 Å². The molecule has 3 rings (SSSR count). The standard InChI is InChI=1S/C17H23N3O2/c1-2-20-10-6-9-14(20)12-18-17(21)15-11-16(22-19-15)13-7-4-3-5-8-13/h3-5,7-8,14,16H,2,6,9-12H2,1H3,(H,18,21)/t14-,16+/m1/s1. The molecule has 0 unspecified atom stereocenters. The lowest BCUT2D eigenvalue weighted by Crippen LogP contribution is -2.42. The van der Waals surface area contributed by atoms with Crippen LogP contribution >= 0.6 is 0 Å². The summed E-state index contributed by atoms with van der Waals surface area (Å²) < 4.78 is 0. The number of amides is 1. The molecule has 1 N–H and O–H groups in total. The van der Waals surface area contributed by atoms with Crippen molar-refractivity contribution < 1.29 is 9.63 Å². The summed E-state index contributed by atoms with van der Waals surface area (Å²) >= 11 is 0. The van der Waals surface area contributed by atoms with Gasteiger partial charge in [0.2, 0.25) is 0 Å². The van der Waals surface area contributed by atoms with Gasteiger partial charge in [0.1, 0.15) is 5.71 Å². The lowest BCUT2D eigenvalue weighted by atomic mass is 10.0. The van der Waals surface area contributed by atoms with E-state index in [4.69, 9.17) is 4.84 Å². The van der Waals surface area contributed by atoms with E-state index in [0.717, 1.165) is 25.1 Å². The number of hydrogen-bond donors (Lipinski definition) is 1. The Bertz CT molecular complexity index is 544. The topological polar surface area (TPSA) is 53.9 Å². The second-order valence-corrected chi connectivity index (χ2v) is 5.88. The molecular formula is C17H23N3O2. The van der Waals surface area contributed by atoms with Crippen molar-refractivity contribution in [1.82, 2.24) is 10.2 Å². The fourth-order valence-electron chi connectivity index (χ4n) is 3.21. The normalized spacial score (nSPS) is 24.9. The van der Waals surface area contributed by atoms with Gasteiger partial charge in [-0.05, 0) is 31.5 Å². The van der Waals surface area contributed by atoms with Gasteiger partial charge in [-0.3, -0.25) is 9.69 Å². The average Bonchev–Trinajstić information content (AvgIpc) is 3.22. The Labute approximate surface area is 131 Å². The first-order valence-corrected chi connectivity index (χ1v) is 8.07. The number of benzene rings is 1. The van der Waals surface area contributed by atoms with Gasteiger partial charge < -0.3 is 10.2 Å². The SMILES string of the molecule is CCN1CCC[C@@H]1CNC(=O)C1=NO[C@H](c2ccccc2)C1. The zero-order valence-corrected chi connectivity index (χ0v) is 13.0. The number of carbonyl (C=O) groups is 1. The lowest BCUT2D eigenvalue weighted by Gasteiger charge is -2.22. The van der Waals surface area contributed by atoms with E-state index in [1.54, 1.807) is 0 Å². The van der Waals surface area contributed by atoms with Crippen molar-refractivity contribution in [3.05, 3.63) is 35.9 Å². The number of likely N-dealkylation sites (N-methyl/N-ethyl adjacent to an activating group) is 1. The Hall–Kier alpha value is -1.88. The first-order chi connectivity index (χ1) is 10.8. The third-order valence-corrected chi connectivity index (χ3v) is 4.51. The number of nitrogens with zero attached hydrogens (tertiary/aromatic N) is 2. The third kappa shape index (κ3) is 3.30. The van der Waals surface area contributed by atoms with E-state index in [1.807, 2.05) is 30.3 Å². The summed E-state index contributed by atoms with van der Waals surface area (Å²) in [4.78, 5) is 20.1. The Balaban J connectivity index is 1.49. The molecule has 1 aromatic rings. The molecule has 1 saturated heterocycles. The van der Waals surface area contributed by atoms with Crippen LogP contribution in [0.25, 0.3) is 0 Å². The van der Waals surface area contributed by atoms with E-state index in [0.29, 0.717) is 24.7 Å². The van der Waals surface area contributed by atoms with Crippen molar-refractivity contribution in [3.63, 3.8) is 0 Å². The minimum atomic E-state index is -0.138. The van der Waals surface area contributed by atoms with Crippen LogP contribution in [0.2, 0.25) is 0 Å². The number of carbonyl (C=O) groups excluding carboxylic acids is 1. The van der Waals surface area contributed by atoms with E-state index in [1.165, 1.54) is 6.42 Å². The summed E-state index contributed by atoms with van der Waals surface area (Å²) in [6, 6.07) is 10.4. The Morgan fingerprint density at radius 1 is 1.41 bits per heavy atom. The summed E-state index contributed by atoms with van der Waals surface area (Å²) in [5, 5.41) is 6.98. The van der Waals surface area contributed by atoms with Gasteiger partial charge >= 0.3 is 0 Å². The maximum atomic E-state index is 12.2. The number of rotatable bonds is 5. The van der Waals surface area contributed by atoms with Gasteiger partial charge in [-0.2, -0.15) is 0 Å². The molecule has 0 aromatic heterocycles. The van der Waals surface area contributed by atoms with Crippen molar-refractivity contribution in [3.8, 4) is 0 Å². The molecule has 0 saturated carbocycles. The molecule has 5 heteroatoms. The van der Waals surface area contributed by atoms with Crippen LogP contribution in [0.5, 0.6) is 0 Å². The largest absolute Gasteiger partial charge is 0.387 e. The van der Waals surface area contributed by atoms with E-state index < -0.39 is 0 Å². The van der Waals surface area contributed by atoms with Crippen molar-refractivity contribution in [2.45, 2.75) is 38.3 Å².